The van der Waals surface area contributed by atoms with Gasteiger partial charge in [0.2, 0.25) is 5.91 Å². The fourth-order valence-corrected chi connectivity index (χ4v) is 2.63. The highest BCUT2D eigenvalue weighted by Crippen LogP contribution is 2.13. The molecule has 4 heteroatoms. The first-order chi connectivity index (χ1) is 11.3. The van der Waals surface area contributed by atoms with Gasteiger partial charge in [0.15, 0.2) is 5.78 Å². The summed E-state index contributed by atoms with van der Waals surface area (Å²) in [6, 6.07) is 13.3. The van der Waals surface area contributed by atoms with E-state index in [-0.39, 0.29) is 18.2 Å². The molecule has 0 spiro atoms. The van der Waals surface area contributed by atoms with Crippen LogP contribution in [0, 0.1) is 13.8 Å². The van der Waals surface area contributed by atoms with Gasteiger partial charge in [-0.2, -0.15) is 0 Å². The van der Waals surface area contributed by atoms with Crippen molar-refractivity contribution in [2.45, 2.75) is 27.3 Å². The van der Waals surface area contributed by atoms with E-state index in [0.717, 1.165) is 0 Å². The Morgan fingerprint density at radius 3 is 2.50 bits per heavy atom. The molecule has 2 aromatic rings. The number of hydrogen-bond acceptors (Lipinski definition) is 3. The zero-order valence-corrected chi connectivity index (χ0v) is 14.7. The molecule has 1 amide bonds. The van der Waals surface area contributed by atoms with Crippen molar-refractivity contribution in [1.29, 1.82) is 0 Å². The van der Waals surface area contributed by atoms with Crippen LogP contribution in [0.5, 0.6) is 0 Å². The second kappa shape index (κ2) is 7.88. The molecule has 2 aromatic carbocycles. The van der Waals surface area contributed by atoms with Crippen molar-refractivity contribution in [3.63, 3.8) is 0 Å². The van der Waals surface area contributed by atoms with Gasteiger partial charge in [0.05, 0.1) is 6.54 Å². The second-order valence-corrected chi connectivity index (χ2v) is 6.29. The zero-order chi connectivity index (χ0) is 17.7. The Bertz CT molecular complexity index is 753. The number of nitrogens with one attached hydrogen (secondary N) is 1. The zero-order valence-electron chi connectivity index (χ0n) is 14.7. The second-order valence-electron chi connectivity index (χ2n) is 6.29. The molecule has 0 aliphatic carbocycles. The molecule has 0 radical (unpaired) electrons. The minimum absolute atomic E-state index is 0.0157. The molecule has 0 saturated heterocycles. The van der Waals surface area contributed by atoms with E-state index in [1.807, 2.05) is 11.9 Å². The number of benzene rings is 2. The summed E-state index contributed by atoms with van der Waals surface area (Å²) in [7, 11) is 1.92. The van der Waals surface area contributed by atoms with Crippen LogP contribution in [0.1, 0.15) is 34.0 Å². The van der Waals surface area contributed by atoms with E-state index >= 15 is 0 Å². The summed E-state index contributed by atoms with van der Waals surface area (Å²) in [5, 5.41) is 2.84. The van der Waals surface area contributed by atoms with E-state index in [2.05, 4.69) is 37.4 Å². The largest absolute Gasteiger partial charge is 0.325 e. The van der Waals surface area contributed by atoms with Gasteiger partial charge in [0, 0.05) is 17.8 Å². The molecule has 0 aromatic heterocycles. The SMILES string of the molecule is CC(=O)c1cccc(NC(=O)CN(C)Cc2ccc(C)cc2C)c1. The number of carbonyl (C=O) groups is 2. The molecule has 0 saturated carbocycles. The summed E-state index contributed by atoms with van der Waals surface area (Å²) in [5.74, 6) is -0.110. The van der Waals surface area contributed by atoms with Crippen molar-refractivity contribution in [1.82, 2.24) is 4.90 Å². The molecule has 126 valence electrons. The van der Waals surface area contributed by atoms with Gasteiger partial charge in [-0.25, -0.2) is 0 Å². The van der Waals surface area contributed by atoms with Gasteiger partial charge in [-0.3, -0.25) is 14.5 Å². The van der Waals surface area contributed by atoms with Crippen LogP contribution in [0.25, 0.3) is 0 Å². The average Bonchev–Trinajstić information content (AvgIpc) is 2.50. The maximum atomic E-state index is 12.2. The third-order valence-electron chi connectivity index (χ3n) is 3.90. The first-order valence-corrected chi connectivity index (χ1v) is 8.00. The Morgan fingerprint density at radius 2 is 1.83 bits per heavy atom. The van der Waals surface area contributed by atoms with Crippen LogP contribution >= 0.6 is 0 Å². The Hall–Kier alpha value is -2.46. The number of carbonyl (C=O) groups excluding carboxylic acids is 2. The van der Waals surface area contributed by atoms with E-state index in [9.17, 15) is 9.59 Å². The van der Waals surface area contributed by atoms with Gasteiger partial charge < -0.3 is 5.32 Å². The van der Waals surface area contributed by atoms with E-state index in [0.29, 0.717) is 17.8 Å². The number of rotatable bonds is 6. The molecule has 0 atom stereocenters. The summed E-state index contributed by atoms with van der Waals surface area (Å²) >= 11 is 0. The van der Waals surface area contributed by atoms with Crippen LogP contribution in [-0.4, -0.2) is 30.2 Å². The number of hydrogen-bond donors (Lipinski definition) is 1. The summed E-state index contributed by atoms with van der Waals surface area (Å²) < 4.78 is 0. The van der Waals surface area contributed by atoms with Crippen LogP contribution in [-0.2, 0) is 11.3 Å². The van der Waals surface area contributed by atoms with E-state index < -0.39 is 0 Å². The molecule has 0 unspecified atom stereocenters. The topological polar surface area (TPSA) is 49.4 Å². The summed E-state index contributed by atoms with van der Waals surface area (Å²) in [5.41, 5.74) is 4.93. The predicted molar refractivity (Wildman–Crippen MR) is 97.3 cm³/mol. The van der Waals surface area contributed by atoms with Crippen molar-refractivity contribution in [2.24, 2.45) is 0 Å². The van der Waals surface area contributed by atoms with Gasteiger partial charge in [0.1, 0.15) is 0 Å². The molecule has 2 rings (SSSR count). The average molecular weight is 324 g/mol. The molecular weight excluding hydrogens is 300 g/mol. The first-order valence-electron chi connectivity index (χ1n) is 8.00. The van der Waals surface area contributed by atoms with Crippen molar-refractivity contribution in [3.8, 4) is 0 Å². The smallest absolute Gasteiger partial charge is 0.238 e. The maximum absolute atomic E-state index is 12.2. The Labute approximate surface area is 143 Å². The van der Waals surface area contributed by atoms with Crippen LogP contribution in [0.3, 0.4) is 0 Å². The molecule has 1 N–H and O–H groups in total. The van der Waals surface area contributed by atoms with Crippen LogP contribution < -0.4 is 5.32 Å². The van der Waals surface area contributed by atoms with Crippen molar-refractivity contribution < 1.29 is 9.59 Å². The standard InChI is InChI=1S/C20H24N2O2/c1-14-8-9-18(15(2)10-14)12-22(4)13-20(24)21-19-7-5-6-17(11-19)16(3)23/h5-11H,12-13H2,1-4H3,(H,21,24). The number of aryl methyl sites for hydroxylation is 2. The fourth-order valence-electron chi connectivity index (χ4n) is 2.63. The van der Waals surface area contributed by atoms with Crippen molar-refractivity contribution in [3.05, 3.63) is 64.7 Å². The molecule has 0 aliphatic heterocycles. The predicted octanol–water partition coefficient (Wildman–Crippen LogP) is 3.58. The Morgan fingerprint density at radius 1 is 1.08 bits per heavy atom. The maximum Gasteiger partial charge on any atom is 0.238 e. The van der Waals surface area contributed by atoms with Gasteiger partial charge in [-0.15, -0.1) is 0 Å². The van der Waals surface area contributed by atoms with Crippen LogP contribution in [0.2, 0.25) is 0 Å². The number of anilines is 1. The molecular formula is C20H24N2O2. The highest BCUT2D eigenvalue weighted by Gasteiger charge is 2.10. The minimum atomic E-state index is -0.0945. The number of Topliss-reactive ketones (excluding diaryl/α,β-unsaturated/α-hetero) is 1. The quantitative estimate of drug-likeness (QED) is 0.826. The molecule has 24 heavy (non-hydrogen) atoms. The van der Waals surface area contributed by atoms with Crippen LogP contribution in [0.4, 0.5) is 5.69 Å². The van der Waals surface area contributed by atoms with Gasteiger partial charge in [-0.05, 0) is 51.1 Å². The number of nitrogens with zero attached hydrogens (tertiary/aromatic N) is 1. The lowest BCUT2D eigenvalue weighted by Crippen LogP contribution is -2.30. The fraction of sp³-hybridized carbons (Fsp3) is 0.300. The molecule has 0 bridgehead atoms. The number of amides is 1. The molecule has 0 heterocycles. The monoisotopic (exact) mass is 324 g/mol. The van der Waals surface area contributed by atoms with Crippen molar-refractivity contribution in [2.75, 3.05) is 18.9 Å². The third kappa shape index (κ3) is 5.03. The van der Waals surface area contributed by atoms with E-state index in [4.69, 9.17) is 0 Å². The van der Waals surface area contributed by atoms with Crippen molar-refractivity contribution >= 4 is 17.4 Å². The van der Waals surface area contributed by atoms with E-state index in [1.54, 1.807) is 24.3 Å². The Kier molecular flexibility index (Phi) is 5.88. The van der Waals surface area contributed by atoms with Gasteiger partial charge in [0.25, 0.3) is 0 Å². The summed E-state index contributed by atoms with van der Waals surface area (Å²) in [6.07, 6.45) is 0. The Balaban J connectivity index is 1.94. The molecule has 4 nitrogen and oxygen atoms in total. The lowest BCUT2D eigenvalue weighted by molar-refractivity contribution is -0.117. The van der Waals surface area contributed by atoms with Crippen LogP contribution in [0.15, 0.2) is 42.5 Å². The normalized spacial score (nSPS) is 10.7. The molecule has 0 fully saturated rings. The van der Waals surface area contributed by atoms with Gasteiger partial charge in [-0.1, -0.05) is 35.9 Å². The van der Waals surface area contributed by atoms with E-state index in [1.165, 1.54) is 23.6 Å². The highest BCUT2D eigenvalue weighted by atomic mass is 16.2. The summed E-state index contributed by atoms with van der Waals surface area (Å²) in [4.78, 5) is 25.6. The van der Waals surface area contributed by atoms with Gasteiger partial charge >= 0.3 is 0 Å². The lowest BCUT2D eigenvalue weighted by atomic mass is 10.1. The number of likely N-dealkylation sites (N-methyl/N-ethyl adjacent to an activating group) is 1. The third-order valence-corrected chi connectivity index (χ3v) is 3.90. The molecule has 0 aliphatic rings. The first kappa shape index (κ1) is 17.9. The highest BCUT2D eigenvalue weighted by molar-refractivity contribution is 5.97. The summed E-state index contributed by atoms with van der Waals surface area (Å²) in [6.45, 7) is 6.68. The minimum Gasteiger partial charge on any atom is -0.325 e. The lowest BCUT2D eigenvalue weighted by Gasteiger charge is -2.18. The number of ketones is 1.